The van der Waals surface area contributed by atoms with Crippen LogP contribution in [0.5, 0.6) is 5.75 Å². The van der Waals surface area contributed by atoms with Crippen LogP contribution in [-0.4, -0.2) is 12.5 Å². The molecule has 3 nitrogen and oxygen atoms in total. The average molecular weight is 337 g/mol. The van der Waals surface area contributed by atoms with E-state index in [1.807, 2.05) is 42.5 Å². The summed E-state index contributed by atoms with van der Waals surface area (Å²) in [5.41, 5.74) is 3.00. The van der Waals surface area contributed by atoms with Crippen molar-refractivity contribution in [1.29, 1.82) is 0 Å². The number of unbranched alkanes of at least 4 members (excludes halogenated alkanes) is 1. The number of hydrogen-bond acceptors (Lipinski definition) is 2. The van der Waals surface area contributed by atoms with Gasteiger partial charge in [0.1, 0.15) is 5.75 Å². The molecular formula is C22H27NO2. The highest BCUT2D eigenvalue weighted by molar-refractivity contribution is 6.02. The molecule has 0 spiro atoms. The van der Waals surface area contributed by atoms with Gasteiger partial charge < -0.3 is 10.1 Å². The number of benzene rings is 2. The number of para-hydroxylation sites is 2. The highest BCUT2D eigenvalue weighted by Gasteiger charge is 2.05. The van der Waals surface area contributed by atoms with E-state index in [9.17, 15) is 4.79 Å². The first-order valence-corrected chi connectivity index (χ1v) is 8.91. The van der Waals surface area contributed by atoms with E-state index in [0.717, 1.165) is 18.4 Å². The van der Waals surface area contributed by atoms with Crippen LogP contribution in [0.4, 0.5) is 5.69 Å². The molecule has 132 valence electrons. The van der Waals surface area contributed by atoms with Crippen LogP contribution in [0.15, 0.2) is 54.6 Å². The van der Waals surface area contributed by atoms with Crippen molar-refractivity contribution in [2.45, 2.75) is 39.5 Å². The molecule has 2 aromatic rings. The molecule has 0 atom stereocenters. The third-order valence-electron chi connectivity index (χ3n) is 3.93. The number of amides is 1. The van der Waals surface area contributed by atoms with Gasteiger partial charge in [0.15, 0.2) is 0 Å². The predicted octanol–water partition coefficient (Wildman–Crippen LogP) is 5.64. The minimum Gasteiger partial charge on any atom is -0.491 e. The summed E-state index contributed by atoms with van der Waals surface area (Å²) in [5.74, 6) is 1.05. The maximum Gasteiger partial charge on any atom is 0.248 e. The number of hydrogen-bond donors (Lipinski definition) is 1. The molecule has 2 rings (SSSR count). The number of ether oxygens (including phenoxy) is 1. The van der Waals surface area contributed by atoms with Gasteiger partial charge in [-0.05, 0) is 41.7 Å². The van der Waals surface area contributed by atoms with Crippen LogP contribution >= 0.6 is 0 Å². The number of carbonyl (C=O) groups is 1. The van der Waals surface area contributed by atoms with E-state index in [1.165, 1.54) is 5.56 Å². The zero-order valence-corrected chi connectivity index (χ0v) is 15.3. The lowest BCUT2D eigenvalue weighted by atomic mass is 10.0. The van der Waals surface area contributed by atoms with Gasteiger partial charge in [-0.25, -0.2) is 0 Å². The van der Waals surface area contributed by atoms with E-state index in [4.69, 9.17) is 4.74 Å². The van der Waals surface area contributed by atoms with Gasteiger partial charge in [-0.2, -0.15) is 0 Å². The highest BCUT2D eigenvalue weighted by atomic mass is 16.5. The van der Waals surface area contributed by atoms with Crippen LogP contribution in [0.2, 0.25) is 0 Å². The maximum atomic E-state index is 12.2. The van der Waals surface area contributed by atoms with Gasteiger partial charge in [0.05, 0.1) is 12.3 Å². The Morgan fingerprint density at radius 3 is 2.52 bits per heavy atom. The standard InChI is InChI=1S/C22H27NO2/c1-4-5-16-25-21-9-7-6-8-20(21)23-22(24)15-12-18-10-13-19(14-11-18)17(2)3/h6-15,17H,4-5,16H2,1-3H3,(H,23,24)/b15-12+. The first-order valence-electron chi connectivity index (χ1n) is 8.91. The van der Waals surface area contributed by atoms with Crippen molar-refractivity contribution in [3.8, 4) is 5.75 Å². The summed E-state index contributed by atoms with van der Waals surface area (Å²) >= 11 is 0. The molecule has 0 saturated carbocycles. The zero-order chi connectivity index (χ0) is 18.1. The Hall–Kier alpha value is -2.55. The van der Waals surface area contributed by atoms with Crippen LogP contribution in [0.3, 0.4) is 0 Å². The summed E-state index contributed by atoms with van der Waals surface area (Å²) in [4.78, 5) is 12.2. The Kier molecular flexibility index (Phi) is 7.27. The monoisotopic (exact) mass is 337 g/mol. The second-order valence-corrected chi connectivity index (χ2v) is 6.34. The molecule has 1 amide bonds. The van der Waals surface area contributed by atoms with Crippen LogP contribution in [0.1, 0.15) is 50.7 Å². The third kappa shape index (κ3) is 6.11. The van der Waals surface area contributed by atoms with Gasteiger partial charge in [-0.3, -0.25) is 4.79 Å². The number of rotatable bonds is 8. The molecule has 3 heteroatoms. The van der Waals surface area contributed by atoms with Crippen molar-refractivity contribution in [1.82, 2.24) is 0 Å². The lowest BCUT2D eigenvalue weighted by molar-refractivity contribution is -0.111. The molecule has 0 radical (unpaired) electrons. The number of nitrogens with one attached hydrogen (secondary N) is 1. The third-order valence-corrected chi connectivity index (χ3v) is 3.93. The lowest BCUT2D eigenvalue weighted by Gasteiger charge is -2.11. The summed E-state index contributed by atoms with van der Waals surface area (Å²) in [6.45, 7) is 7.10. The van der Waals surface area contributed by atoms with Crippen LogP contribution in [0, 0.1) is 0 Å². The molecule has 0 saturated heterocycles. The van der Waals surface area contributed by atoms with E-state index < -0.39 is 0 Å². The molecule has 0 aromatic heterocycles. The van der Waals surface area contributed by atoms with E-state index in [1.54, 1.807) is 6.08 Å². The second-order valence-electron chi connectivity index (χ2n) is 6.34. The van der Waals surface area contributed by atoms with Gasteiger partial charge in [0.2, 0.25) is 5.91 Å². The average Bonchev–Trinajstić information content (AvgIpc) is 2.62. The van der Waals surface area contributed by atoms with Gasteiger partial charge in [-0.15, -0.1) is 0 Å². The summed E-state index contributed by atoms with van der Waals surface area (Å²) in [6.07, 6.45) is 5.44. The quantitative estimate of drug-likeness (QED) is 0.500. The SMILES string of the molecule is CCCCOc1ccccc1NC(=O)/C=C/c1ccc(C(C)C)cc1. The largest absolute Gasteiger partial charge is 0.491 e. The molecule has 0 heterocycles. The van der Waals surface area contributed by atoms with E-state index in [2.05, 4.69) is 38.2 Å². The smallest absolute Gasteiger partial charge is 0.248 e. The van der Waals surface area contributed by atoms with Crippen molar-refractivity contribution in [2.75, 3.05) is 11.9 Å². The molecule has 0 fully saturated rings. The van der Waals surface area contributed by atoms with E-state index in [0.29, 0.717) is 24.0 Å². The van der Waals surface area contributed by atoms with Crippen molar-refractivity contribution < 1.29 is 9.53 Å². The van der Waals surface area contributed by atoms with Gasteiger partial charge in [0, 0.05) is 6.08 Å². The Bertz CT molecular complexity index is 702. The number of carbonyl (C=O) groups excluding carboxylic acids is 1. The minimum atomic E-state index is -0.167. The molecule has 1 N–H and O–H groups in total. The molecule has 0 aliphatic carbocycles. The Morgan fingerprint density at radius 2 is 1.84 bits per heavy atom. The fourth-order valence-electron chi connectivity index (χ4n) is 2.36. The molecule has 0 aliphatic heterocycles. The normalized spacial score (nSPS) is 11.0. The second kappa shape index (κ2) is 9.67. The number of anilines is 1. The molecule has 0 aliphatic rings. The Morgan fingerprint density at radius 1 is 1.12 bits per heavy atom. The van der Waals surface area contributed by atoms with Crippen LogP contribution in [-0.2, 0) is 4.79 Å². The summed E-state index contributed by atoms with van der Waals surface area (Å²) in [7, 11) is 0. The topological polar surface area (TPSA) is 38.3 Å². The molecule has 25 heavy (non-hydrogen) atoms. The van der Waals surface area contributed by atoms with Crippen LogP contribution in [0.25, 0.3) is 6.08 Å². The minimum absolute atomic E-state index is 0.167. The van der Waals surface area contributed by atoms with Gasteiger partial charge in [-0.1, -0.05) is 63.6 Å². The van der Waals surface area contributed by atoms with Crippen molar-refractivity contribution in [3.05, 3.63) is 65.7 Å². The fourth-order valence-corrected chi connectivity index (χ4v) is 2.36. The van der Waals surface area contributed by atoms with Gasteiger partial charge in [0.25, 0.3) is 0 Å². The highest BCUT2D eigenvalue weighted by Crippen LogP contribution is 2.24. The van der Waals surface area contributed by atoms with E-state index in [-0.39, 0.29) is 5.91 Å². The molecule has 0 bridgehead atoms. The Balaban J connectivity index is 1.97. The first-order chi connectivity index (χ1) is 12.1. The lowest BCUT2D eigenvalue weighted by Crippen LogP contribution is -2.09. The van der Waals surface area contributed by atoms with Crippen LogP contribution < -0.4 is 10.1 Å². The van der Waals surface area contributed by atoms with E-state index >= 15 is 0 Å². The fraction of sp³-hybridized carbons (Fsp3) is 0.318. The maximum absolute atomic E-state index is 12.2. The predicted molar refractivity (Wildman–Crippen MR) is 105 cm³/mol. The molecular weight excluding hydrogens is 310 g/mol. The summed E-state index contributed by atoms with van der Waals surface area (Å²) < 4.78 is 5.74. The zero-order valence-electron chi connectivity index (χ0n) is 15.3. The Labute approximate surface area is 150 Å². The van der Waals surface area contributed by atoms with Crippen molar-refractivity contribution in [3.63, 3.8) is 0 Å². The molecule has 0 unspecified atom stereocenters. The summed E-state index contributed by atoms with van der Waals surface area (Å²) in [5, 5.41) is 2.89. The first kappa shape index (κ1) is 18.8. The van der Waals surface area contributed by atoms with Gasteiger partial charge >= 0.3 is 0 Å². The molecule has 2 aromatic carbocycles. The summed E-state index contributed by atoms with van der Waals surface area (Å²) in [6, 6.07) is 15.8. The van der Waals surface area contributed by atoms with Crippen molar-refractivity contribution in [2.24, 2.45) is 0 Å². The van der Waals surface area contributed by atoms with Crippen molar-refractivity contribution >= 4 is 17.7 Å².